The molecule has 1 aliphatic carbocycles. The first-order valence-corrected chi connectivity index (χ1v) is 6.47. The number of rotatable bonds is 1. The lowest BCUT2D eigenvalue weighted by Crippen LogP contribution is -2.16. The van der Waals surface area contributed by atoms with Gasteiger partial charge in [0, 0.05) is 11.5 Å². The van der Waals surface area contributed by atoms with Crippen LogP contribution in [0.4, 0.5) is 0 Å². The fraction of sp³-hybridized carbons (Fsp3) is 0.533. The van der Waals surface area contributed by atoms with Crippen LogP contribution in [0.2, 0.25) is 0 Å². The maximum absolute atomic E-state index is 11.6. The van der Waals surface area contributed by atoms with Crippen LogP contribution >= 0.6 is 0 Å². The highest BCUT2D eigenvalue weighted by Crippen LogP contribution is 2.34. The molecule has 2 rings (SSSR count). The molecule has 18 heavy (non-hydrogen) atoms. The van der Waals surface area contributed by atoms with Crippen molar-refractivity contribution >= 4 is 5.97 Å². The van der Waals surface area contributed by atoms with E-state index >= 15 is 0 Å². The van der Waals surface area contributed by atoms with Gasteiger partial charge in [0.2, 0.25) is 0 Å². The molecule has 0 bridgehead atoms. The third-order valence-corrected chi connectivity index (χ3v) is 3.76. The monoisotopic (exact) mass is 248 g/mol. The molecule has 0 saturated carbocycles. The first-order valence-electron chi connectivity index (χ1n) is 6.47. The van der Waals surface area contributed by atoms with E-state index in [2.05, 4.69) is 19.6 Å². The molecule has 0 amide bonds. The predicted molar refractivity (Wildman–Crippen MR) is 69.9 cm³/mol. The Hall–Kier alpha value is -1.35. The molecule has 3 heteroatoms. The SMILES string of the molecule is C=C1C(=O)O[C@@H]2/C=C(\CO)CC/C=C(\C)CC[C@H]12. The Morgan fingerprint density at radius 1 is 1.50 bits per heavy atom. The Balaban J connectivity index is 2.26. The first-order chi connectivity index (χ1) is 8.61. The summed E-state index contributed by atoms with van der Waals surface area (Å²) in [6.45, 7) is 5.97. The van der Waals surface area contributed by atoms with E-state index in [0.717, 1.165) is 31.3 Å². The van der Waals surface area contributed by atoms with Crippen LogP contribution in [0.3, 0.4) is 0 Å². The highest BCUT2D eigenvalue weighted by molar-refractivity contribution is 5.91. The smallest absolute Gasteiger partial charge is 0.334 e. The summed E-state index contributed by atoms with van der Waals surface area (Å²) in [4.78, 5) is 11.6. The zero-order chi connectivity index (χ0) is 13.1. The van der Waals surface area contributed by atoms with Crippen molar-refractivity contribution in [1.82, 2.24) is 0 Å². The molecule has 0 aromatic heterocycles. The maximum atomic E-state index is 11.6. The number of ether oxygens (including phenoxy) is 1. The Kier molecular flexibility index (Phi) is 4.02. The van der Waals surface area contributed by atoms with Crippen molar-refractivity contribution in [3.05, 3.63) is 35.5 Å². The molecule has 1 heterocycles. The lowest BCUT2D eigenvalue weighted by atomic mass is 9.88. The number of esters is 1. The first kappa shape index (κ1) is 13.1. The molecular weight excluding hydrogens is 228 g/mol. The number of hydrogen-bond acceptors (Lipinski definition) is 3. The molecule has 3 nitrogen and oxygen atoms in total. The van der Waals surface area contributed by atoms with Crippen molar-refractivity contribution in [2.75, 3.05) is 6.61 Å². The third-order valence-electron chi connectivity index (χ3n) is 3.76. The largest absolute Gasteiger partial charge is 0.454 e. The van der Waals surface area contributed by atoms with Crippen molar-refractivity contribution in [2.45, 2.75) is 38.7 Å². The van der Waals surface area contributed by atoms with Crippen molar-refractivity contribution in [3.63, 3.8) is 0 Å². The van der Waals surface area contributed by atoms with Crippen LogP contribution in [-0.4, -0.2) is 23.8 Å². The van der Waals surface area contributed by atoms with E-state index in [4.69, 9.17) is 4.74 Å². The van der Waals surface area contributed by atoms with Gasteiger partial charge in [-0.05, 0) is 44.3 Å². The third kappa shape index (κ3) is 2.72. The zero-order valence-electron chi connectivity index (χ0n) is 10.8. The average molecular weight is 248 g/mol. The molecule has 0 spiro atoms. The summed E-state index contributed by atoms with van der Waals surface area (Å²) in [5.41, 5.74) is 2.85. The summed E-state index contributed by atoms with van der Waals surface area (Å²) in [7, 11) is 0. The molecule has 0 aromatic carbocycles. The second-order valence-electron chi connectivity index (χ2n) is 5.11. The molecule has 1 fully saturated rings. The van der Waals surface area contributed by atoms with E-state index < -0.39 is 0 Å². The molecule has 1 aliphatic heterocycles. The normalized spacial score (nSPS) is 35.0. The standard InChI is InChI=1S/C15H20O3/c1-10-4-3-5-12(9-16)8-14-13(7-6-10)11(2)15(17)18-14/h4,8,13-14,16H,2-3,5-7,9H2,1H3/b10-4+,12-8-/t13-,14-/m1/s1. The van der Waals surface area contributed by atoms with Crippen LogP contribution in [0.15, 0.2) is 35.5 Å². The fourth-order valence-electron chi connectivity index (χ4n) is 2.56. The number of carbonyl (C=O) groups excluding carboxylic acids is 1. The van der Waals surface area contributed by atoms with Crippen molar-refractivity contribution in [2.24, 2.45) is 5.92 Å². The Morgan fingerprint density at radius 3 is 3.00 bits per heavy atom. The second-order valence-corrected chi connectivity index (χ2v) is 5.11. The van der Waals surface area contributed by atoms with Crippen LogP contribution in [0, 0.1) is 5.92 Å². The van der Waals surface area contributed by atoms with Crippen LogP contribution < -0.4 is 0 Å². The van der Waals surface area contributed by atoms with Gasteiger partial charge in [-0.1, -0.05) is 18.2 Å². The van der Waals surface area contributed by atoms with Crippen LogP contribution in [0.5, 0.6) is 0 Å². The topological polar surface area (TPSA) is 46.5 Å². The van der Waals surface area contributed by atoms with E-state index in [0.29, 0.717) is 5.57 Å². The van der Waals surface area contributed by atoms with Gasteiger partial charge >= 0.3 is 5.97 Å². The van der Waals surface area contributed by atoms with Gasteiger partial charge in [0.25, 0.3) is 0 Å². The van der Waals surface area contributed by atoms with Crippen LogP contribution in [0.25, 0.3) is 0 Å². The Morgan fingerprint density at radius 2 is 2.28 bits per heavy atom. The Labute approximate surface area is 108 Å². The molecule has 2 atom stereocenters. The summed E-state index contributed by atoms with van der Waals surface area (Å²) in [6, 6.07) is 0. The average Bonchev–Trinajstić information content (AvgIpc) is 2.61. The molecule has 0 radical (unpaired) electrons. The second kappa shape index (κ2) is 5.53. The molecule has 1 N–H and O–H groups in total. The Bertz CT molecular complexity index is 417. The lowest BCUT2D eigenvalue weighted by molar-refractivity contribution is -0.137. The summed E-state index contributed by atoms with van der Waals surface area (Å²) in [5, 5.41) is 9.34. The molecule has 1 saturated heterocycles. The molecule has 0 aromatic rings. The highest BCUT2D eigenvalue weighted by atomic mass is 16.5. The number of hydrogen-bond donors (Lipinski definition) is 1. The van der Waals surface area contributed by atoms with Gasteiger partial charge in [0.15, 0.2) is 0 Å². The van der Waals surface area contributed by atoms with Gasteiger partial charge in [0.05, 0.1) is 6.61 Å². The van der Waals surface area contributed by atoms with Gasteiger partial charge in [-0.15, -0.1) is 0 Å². The highest BCUT2D eigenvalue weighted by Gasteiger charge is 2.37. The maximum Gasteiger partial charge on any atom is 0.334 e. The van der Waals surface area contributed by atoms with Crippen molar-refractivity contribution in [3.8, 4) is 0 Å². The van der Waals surface area contributed by atoms with Crippen LogP contribution in [0.1, 0.15) is 32.6 Å². The number of aliphatic hydroxyl groups excluding tert-OH is 1. The van der Waals surface area contributed by atoms with Gasteiger partial charge in [-0.25, -0.2) is 4.79 Å². The van der Waals surface area contributed by atoms with Crippen molar-refractivity contribution in [1.29, 1.82) is 0 Å². The van der Waals surface area contributed by atoms with E-state index in [-0.39, 0.29) is 24.6 Å². The summed E-state index contributed by atoms with van der Waals surface area (Å²) < 4.78 is 5.33. The predicted octanol–water partition coefficient (Wildman–Crippen LogP) is 2.52. The summed E-state index contributed by atoms with van der Waals surface area (Å²) in [6.07, 6.45) is 7.50. The number of carbonyl (C=O) groups is 1. The summed E-state index contributed by atoms with van der Waals surface area (Å²) in [5.74, 6) is -0.236. The van der Waals surface area contributed by atoms with Crippen molar-refractivity contribution < 1.29 is 14.6 Å². The van der Waals surface area contributed by atoms with E-state index in [1.807, 2.05) is 6.08 Å². The number of allylic oxidation sites excluding steroid dienone is 2. The van der Waals surface area contributed by atoms with Gasteiger partial charge in [-0.2, -0.15) is 0 Å². The van der Waals surface area contributed by atoms with E-state index in [1.165, 1.54) is 5.57 Å². The van der Waals surface area contributed by atoms with Gasteiger partial charge in [0.1, 0.15) is 6.10 Å². The minimum atomic E-state index is -0.292. The number of fused-ring (bicyclic) bond motifs is 1. The molecular formula is C15H20O3. The molecule has 0 unspecified atom stereocenters. The fourth-order valence-corrected chi connectivity index (χ4v) is 2.56. The zero-order valence-corrected chi connectivity index (χ0v) is 10.8. The minimum absolute atomic E-state index is 0.0279. The molecule has 2 aliphatic rings. The van der Waals surface area contributed by atoms with Crippen LogP contribution in [-0.2, 0) is 9.53 Å². The lowest BCUT2D eigenvalue weighted by Gasteiger charge is -2.17. The van der Waals surface area contributed by atoms with Gasteiger partial charge < -0.3 is 9.84 Å². The van der Waals surface area contributed by atoms with E-state index in [9.17, 15) is 9.90 Å². The van der Waals surface area contributed by atoms with Gasteiger partial charge in [-0.3, -0.25) is 0 Å². The number of aliphatic hydroxyl groups is 1. The summed E-state index contributed by atoms with van der Waals surface area (Å²) >= 11 is 0. The van der Waals surface area contributed by atoms with E-state index in [1.54, 1.807) is 0 Å². The molecule has 98 valence electrons. The minimum Gasteiger partial charge on any atom is -0.454 e. The quantitative estimate of drug-likeness (QED) is 0.440.